The first-order valence-corrected chi connectivity index (χ1v) is 8.17. The van der Waals surface area contributed by atoms with Gasteiger partial charge < -0.3 is 14.2 Å². The van der Waals surface area contributed by atoms with Gasteiger partial charge >= 0.3 is 0 Å². The van der Waals surface area contributed by atoms with E-state index in [1.807, 2.05) is 43.0 Å². The lowest BCUT2D eigenvalue weighted by molar-refractivity contribution is 0.0712. The number of amides is 1. The fraction of sp³-hybridized carbons (Fsp3) is 0.412. The number of carbonyl (C=O) groups excluding carboxylic acids is 1. The van der Waals surface area contributed by atoms with E-state index in [1.54, 1.807) is 0 Å². The molecule has 1 aliphatic rings. The molecule has 1 fully saturated rings. The van der Waals surface area contributed by atoms with Crippen molar-refractivity contribution in [1.82, 2.24) is 9.88 Å². The Morgan fingerprint density at radius 2 is 2.00 bits per heavy atom. The molecule has 2 heterocycles. The minimum Gasteiger partial charge on any atom is -0.438 e. The highest BCUT2D eigenvalue weighted by Gasteiger charge is 2.27. The third-order valence-electron chi connectivity index (χ3n) is 4.08. The van der Waals surface area contributed by atoms with Crippen molar-refractivity contribution in [1.29, 1.82) is 0 Å². The average Bonchev–Trinajstić information content (AvgIpc) is 3.04. The maximum atomic E-state index is 12.6. The van der Waals surface area contributed by atoms with E-state index >= 15 is 0 Å². The van der Waals surface area contributed by atoms with Crippen LogP contribution in [0.3, 0.4) is 0 Å². The summed E-state index contributed by atoms with van der Waals surface area (Å²) in [5, 5.41) is 0.726. The molecule has 3 rings (SSSR count). The zero-order valence-corrected chi connectivity index (χ0v) is 14.1. The summed E-state index contributed by atoms with van der Waals surface area (Å²) in [6.45, 7) is 6.87. The lowest BCUT2D eigenvalue weighted by Gasteiger charge is -2.35. The van der Waals surface area contributed by atoms with Gasteiger partial charge in [-0.1, -0.05) is 31.5 Å². The van der Waals surface area contributed by atoms with Gasteiger partial charge in [0.1, 0.15) is 0 Å². The van der Waals surface area contributed by atoms with E-state index in [-0.39, 0.29) is 11.8 Å². The zero-order valence-electron chi connectivity index (χ0n) is 13.3. The molecule has 0 N–H and O–H groups in total. The maximum absolute atomic E-state index is 12.6. The largest absolute Gasteiger partial charge is 0.438 e. The number of rotatable bonds is 3. The minimum atomic E-state index is -0.0723. The molecule has 1 amide bonds. The summed E-state index contributed by atoms with van der Waals surface area (Å²) in [6.07, 6.45) is 1.35. The Morgan fingerprint density at radius 3 is 2.65 bits per heavy atom. The van der Waals surface area contributed by atoms with Gasteiger partial charge in [-0.15, -0.1) is 0 Å². The molecule has 1 aliphatic heterocycles. The van der Waals surface area contributed by atoms with E-state index in [4.69, 9.17) is 16.0 Å². The van der Waals surface area contributed by atoms with Gasteiger partial charge in [0, 0.05) is 36.9 Å². The van der Waals surface area contributed by atoms with Gasteiger partial charge in [0.25, 0.3) is 5.91 Å². The Balaban J connectivity index is 1.67. The molecule has 1 saturated heterocycles. The van der Waals surface area contributed by atoms with Crippen molar-refractivity contribution in [2.75, 3.05) is 31.1 Å². The first-order chi connectivity index (χ1) is 11.1. The molecule has 0 bridgehead atoms. The van der Waals surface area contributed by atoms with Gasteiger partial charge in [-0.3, -0.25) is 4.79 Å². The fourth-order valence-corrected chi connectivity index (χ4v) is 2.99. The standard InChI is InChI=1S/C17H20ClN3O2/c1-12(2)15-16(23-11-19-15)17(22)21-8-6-20(7-9-21)14-5-3-4-13(18)10-14/h3-5,10-12H,6-9H2,1-2H3. The van der Waals surface area contributed by atoms with Gasteiger partial charge in [-0.05, 0) is 24.1 Å². The monoisotopic (exact) mass is 333 g/mol. The van der Waals surface area contributed by atoms with Crippen molar-refractivity contribution in [3.05, 3.63) is 47.1 Å². The number of halogens is 1. The van der Waals surface area contributed by atoms with Gasteiger partial charge in [-0.2, -0.15) is 0 Å². The molecule has 1 aromatic carbocycles. The summed E-state index contributed by atoms with van der Waals surface area (Å²) in [6, 6.07) is 7.80. The highest BCUT2D eigenvalue weighted by molar-refractivity contribution is 6.30. The van der Waals surface area contributed by atoms with E-state index < -0.39 is 0 Å². The molecule has 0 unspecified atom stereocenters. The summed E-state index contributed by atoms with van der Waals surface area (Å²) in [5.74, 6) is 0.466. The van der Waals surface area contributed by atoms with Crippen molar-refractivity contribution in [2.45, 2.75) is 19.8 Å². The second-order valence-electron chi connectivity index (χ2n) is 5.98. The van der Waals surface area contributed by atoms with Crippen LogP contribution < -0.4 is 4.90 Å². The lowest BCUT2D eigenvalue weighted by atomic mass is 10.1. The van der Waals surface area contributed by atoms with Crippen molar-refractivity contribution < 1.29 is 9.21 Å². The van der Waals surface area contributed by atoms with Crippen LogP contribution in [0, 0.1) is 0 Å². The van der Waals surface area contributed by atoms with Gasteiger partial charge in [0.15, 0.2) is 6.39 Å². The molecule has 0 saturated carbocycles. The Labute approximate surface area is 140 Å². The van der Waals surface area contributed by atoms with Crippen LogP contribution in [0.1, 0.15) is 36.0 Å². The number of oxazole rings is 1. The first-order valence-electron chi connectivity index (χ1n) is 7.79. The Kier molecular flexibility index (Phi) is 4.57. The van der Waals surface area contributed by atoms with Crippen LogP contribution in [-0.2, 0) is 0 Å². The summed E-state index contributed by atoms with van der Waals surface area (Å²) < 4.78 is 5.33. The topological polar surface area (TPSA) is 49.6 Å². The zero-order chi connectivity index (χ0) is 16.4. The average molecular weight is 334 g/mol. The second-order valence-corrected chi connectivity index (χ2v) is 6.42. The minimum absolute atomic E-state index is 0.0723. The summed E-state index contributed by atoms with van der Waals surface area (Å²) in [7, 11) is 0. The number of hydrogen-bond acceptors (Lipinski definition) is 4. The van der Waals surface area contributed by atoms with E-state index in [1.165, 1.54) is 6.39 Å². The summed E-state index contributed by atoms with van der Waals surface area (Å²) >= 11 is 6.05. The number of benzene rings is 1. The number of carbonyl (C=O) groups is 1. The van der Waals surface area contributed by atoms with Crippen molar-refractivity contribution >= 4 is 23.2 Å². The molecule has 0 aliphatic carbocycles. The van der Waals surface area contributed by atoms with Crippen LogP contribution in [0.4, 0.5) is 5.69 Å². The maximum Gasteiger partial charge on any atom is 0.291 e. The third kappa shape index (κ3) is 3.34. The number of nitrogens with zero attached hydrogens (tertiary/aromatic N) is 3. The number of aromatic nitrogens is 1. The lowest BCUT2D eigenvalue weighted by Crippen LogP contribution is -2.48. The van der Waals surface area contributed by atoms with Gasteiger partial charge in [0.05, 0.1) is 5.69 Å². The molecule has 5 nitrogen and oxygen atoms in total. The molecule has 23 heavy (non-hydrogen) atoms. The highest BCUT2D eigenvalue weighted by atomic mass is 35.5. The van der Waals surface area contributed by atoms with Crippen LogP contribution in [0.5, 0.6) is 0 Å². The normalized spacial score (nSPS) is 15.3. The fourth-order valence-electron chi connectivity index (χ4n) is 2.81. The molecule has 0 spiro atoms. The molecule has 1 aromatic heterocycles. The Morgan fingerprint density at radius 1 is 1.26 bits per heavy atom. The second kappa shape index (κ2) is 6.62. The first kappa shape index (κ1) is 15.9. The van der Waals surface area contributed by atoms with Crippen molar-refractivity contribution in [2.24, 2.45) is 0 Å². The van der Waals surface area contributed by atoms with Crippen LogP contribution in [-0.4, -0.2) is 42.0 Å². The predicted octanol–water partition coefficient (Wildman–Crippen LogP) is 3.41. The van der Waals surface area contributed by atoms with Gasteiger partial charge in [-0.25, -0.2) is 4.98 Å². The van der Waals surface area contributed by atoms with Crippen molar-refractivity contribution in [3.8, 4) is 0 Å². The highest BCUT2D eigenvalue weighted by Crippen LogP contribution is 2.23. The number of hydrogen-bond donors (Lipinski definition) is 0. The van der Waals surface area contributed by atoms with E-state index in [0.717, 1.165) is 29.5 Å². The van der Waals surface area contributed by atoms with Crippen molar-refractivity contribution in [3.63, 3.8) is 0 Å². The molecule has 6 heteroatoms. The van der Waals surface area contributed by atoms with E-state index in [9.17, 15) is 4.79 Å². The quantitative estimate of drug-likeness (QED) is 0.863. The smallest absolute Gasteiger partial charge is 0.291 e. The SMILES string of the molecule is CC(C)c1ncoc1C(=O)N1CCN(c2cccc(Cl)c2)CC1. The van der Waals surface area contributed by atoms with E-state index in [2.05, 4.69) is 9.88 Å². The molecule has 2 aromatic rings. The van der Waals surface area contributed by atoms with Crippen LogP contribution in [0.25, 0.3) is 0 Å². The molecule has 0 radical (unpaired) electrons. The van der Waals surface area contributed by atoms with Crippen LogP contribution in [0.15, 0.2) is 35.1 Å². The van der Waals surface area contributed by atoms with Crippen LogP contribution in [0.2, 0.25) is 5.02 Å². The molecular weight excluding hydrogens is 314 g/mol. The summed E-state index contributed by atoms with van der Waals surface area (Å²) in [5.41, 5.74) is 1.82. The third-order valence-corrected chi connectivity index (χ3v) is 4.31. The molecule has 122 valence electrons. The number of piperazine rings is 1. The van der Waals surface area contributed by atoms with E-state index in [0.29, 0.717) is 18.8 Å². The molecular formula is C17H20ClN3O2. The Hall–Kier alpha value is -2.01. The Bertz CT molecular complexity index is 691. The van der Waals surface area contributed by atoms with Crippen LogP contribution >= 0.6 is 11.6 Å². The summed E-state index contributed by atoms with van der Waals surface area (Å²) in [4.78, 5) is 20.9. The predicted molar refractivity (Wildman–Crippen MR) is 90.2 cm³/mol. The number of anilines is 1. The molecule has 0 atom stereocenters. The van der Waals surface area contributed by atoms with Gasteiger partial charge in [0.2, 0.25) is 5.76 Å².